The molecule has 0 bridgehead atoms. The minimum atomic E-state index is -0.178. The van der Waals surface area contributed by atoms with Crippen molar-refractivity contribution in [3.63, 3.8) is 0 Å². The van der Waals surface area contributed by atoms with Gasteiger partial charge < -0.3 is 14.2 Å². The van der Waals surface area contributed by atoms with Crippen molar-refractivity contribution < 1.29 is 9.53 Å². The van der Waals surface area contributed by atoms with Gasteiger partial charge in [0, 0.05) is 38.7 Å². The largest absolute Gasteiger partial charge is 0.471 e. The normalized spacial score (nSPS) is 22.6. The minimum Gasteiger partial charge on any atom is -0.471 e. The van der Waals surface area contributed by atoms with Crippen LogP contribution < -0.4 is 4.74 Å². The number of likely N-dealkylation sites (N-methyl/N-ethyl adjacent to an activating group) is 1. The molecular weight excluding hydrogens is 394 g/mol. The highest BCUT2D eigenvalue weighted by molar-refractivity contribution is 5.80. The van der Waals surface area contributed by atoms with Gasteiger partial charge in [0.25, 0.3) is 0 Å². The highest BCUT2D eigenvalue weighted by Gasteiger charge is 2.42. The number of hydrogen-bond acceptors (Lipinski definition) is 7. The number of amides is 1. The Hall–Kier alpha value is -2.71. The fraction of sp³-hybridized carbons (Fsp3) is 0.682. The van der Waals surface area contributed by atoms with Gasteiger partial charge in [0.15, 0.2) is 11.2 Å². The zero-order chi connectivity index (χ0) is 22.2. The van der Waals surface area contributed by atoms with E-state index in [9.17, 15) is 4.79 Å². The molecule has 2 atom stereocenters. The molecule has 1 fully saturated rings. The number of ether oxygens (including phenoxy) is 1. The molecule has 0 aliphatic carbocycles. The molecule has 0 spiro atoms. The average Bonchev–Trinajstić information content (AvgIpc) is 3.44. The summed E-state index contributed by atoms with van der Waals surface area (Å²) in [6.45, 7) is 13.5. The van der Waals surface area contributed by atoms with E-state index in [1.807, 2.05) is 18.0 Å². The fourth-order valence-electron chi connectivity index (χ4n) is 4.64. The molecule has 1 saturated heterocycles. The minimum absolute atomic E-state index is 0.0465. The first-order chi connectivity index (χ1) is 14.9. The Morgan fingerprint density at radius 3 is 2.74 bits per heavy atom. The topological polar surface area (TPSA) is 88.7 Å². The van der Waals surface area contributed by atoms with Crippen LogP contribution in [-0.2, 0) is 11.3 Å². The van der Waals surface area contributed by atoms with Crippen molar-refractivity contribution in [2.75, 3.05) is 19.6 Å². The second kappa shape index (κ2) is 8.43. The molecule has 0 saturated carbocycles. The summed E-state index contributed by atoms with van der Waals surface area (Å²) in [4.78, 5) is 27.9. The van der Waals surface area contributed by atoms with Gasteiger partial charge in [-0.3, -0.25) is 9.80 Å². The number of aromatic nitrogens is 4. The maximum Gasteiger partial charge on any atom is 0.245 e. The average molecular weight is 428 g/mol. The quantitative estimate of drug-likeness (QED) is 0.675. The third-order valence-corrected chi connectivity index (χ3v) is 6.41. The Balaban J connectivity index is 1.68. The molecule has 1 amide bonds. The van der Waals surface area contributed by atoms with Crippen LogP contribution >= 0.6 is 0 Å². The van der Waals surface area contributed by atoms with Crippen molar-refractivity contribution in [3.8, 4) is 5.88 Å². The predicted octanol–water partition coefficient (Wildman–Crippen LogP) is 2.81. The van der Waals surface area contributed by atoms with E-state index in [-0.39, 0.29) is 23.5 Å². The maximum atomic E-state index is 12.0. The molecule has 0 aromatic carbocycles. The van der Waals surface area contributed by atoms with E-state index in [2.05, 4.69) is 52.3 Å². The summed E-state index contributed by atoms with van der Waals surface area (Å²) < 4.78 is 8.44. The number of hydrogen-bond donors (Lipinski definition) is 0. The lowest BCUT2D eigenvalue weighted by molar-refractivity contribution is -0.130. The van der Waals surface area contributed by atoms with E-state index >= 15 is 0 Å². The maximum absolute atomic E-state index is 12.0. The summed E-state index contributed by atoms with van der Waals surface area (Å²) >= 11 is 0. The highest BCUT2D eigenvalue weighted by Crippen LogP contribution is 2.38. The molecule has 1 unspecified atom stereocenters. The van der Waals surface area contributed by atoms with Crippen molar-refractivity contribution >= 4 is 23.3 Å². The Kier molecular flexibility index (Phi) is 5.85. The molecule has 4 rings (SSSR count). The number of hydrazone groups is 1. The molecule has 2 aromatic heterocycles. The van der Waals surface area contributed by atoms with Gasteiger partial charge in [0.2, 0.25) is 11.8 Å². The number of aryl methyl sites for hydroxylation is 1. The van der Waals surface area contributed by atoms with Crippen molar-refractivity contribution in [1.82, 2.24) is 29.4 Å². The zero-order valence-electron chi connectivity index (χ0n) is 19.2. The molecule has 168 valence electrons. The molecule has 2 aliphatic heterocycles. The van der Waals surface area contributed by atoms with Crippen LogP contribution in [0.1, 0.15) is 65.6 Å². The number of fused-ring (bicyclic) bond motifs is 1. The molecule has 0 N–H and O–H groups in total. The number of imidazole rings is 1. The first-order valence-corrected chi connectivity index (χ1v) is 11.4. The fourth-order valence-corrected chi connectivity index (χ4v) is 4.64. The van der Waals surface area contributed by atoms with Crippen molar-refractivity contribution in [3.05, 3.63) is 12.2 Å². The Morgan fingerprint density at radius 2 is 2.06 bits per heavy atom. The molecule has 2 aliphatic rings. The van der Waals surface area contributed by atoms with E-state index in [1.54, 1.807) is 6.33 Å². The van der Waals surface area contributed by atoms with Crippen molar-refractivity contribution in [1.29, 1.82) is 0 Å². The number of nitrogens with zero attached hydrogens (tertiary/aromatic N) is 7. The third-order valence-electron chi connectivity index (χ3n) is 6.41. The van der Waals surface area contributed by atoms with E-state index in [1.165, 1.54) is 0 Å². The van der Waals surface area contributed by atoms with E-state index in [0.717, 1.165) is 43.9 Å². The van der Waals surface area contributed by atoms with Crippen LogP contribution in [0.2, 0.25) is 0 Å². The Morgan fingerprint density at radius 1 is 1.26 bits per heavy atom. The van der Waals surface area contributed by atoms with Crippen LogP contribution in [0.15, 0.2) is 11.4 Å². The summed E-state index contributed by atoms with van der Waals surface area (Å²) in [5.41, 5.74) is 1.30. The highest BCUT2D eigenvalue weighted by atomic mass is 16.5. The van der Waals surface area contributed by atoms with Crippen molar-refractivity contribution in [2.24, 2.45) is 5.10 Å². The molecule has 31 heavy (non-hydrogen) atoms. The smallest absolute Gasteiger partial charge is 0.245 e. The van der Waals surface area contributed by atoms with Gasteiger partial charge in [0.05, 0.1) is 18.0 Å². The number of carbonyl (C=O) groups excluding carboxylic acids is 1. The van der Waals surface area contributed by atoms with Crippen molar-refractivity contribution in [2.45, 2.75) is 78.0 Å². The Labute approximate surface area is 183 Å². The predicted molar refractivity (Wildman–Crippen MR) is 119 cm³/mol. The van der Waals surface area contributed by atoms with Gasteiger partial charge in [-0.1, -0.05) is 13.8 Å². The summed E-state index contributed by atoms with van der Waals surface area (Å²) in [7, 11) is 0. The molecule has 2 aromatic rings. The van der Waals surface area contributed by atoms with E-state index in [4.69, 9.17) is 9.72 Å². The third kappa shape index (κ3) is 3.74. The standard InChI is InChI=1S/C22H33N7O2/c1-6-10-28-19(16-12-25-29(8-3)22(16,4)5)26-18-20(28)23-14-24-21(18)31-15-9-11-27(13-15)17(30)7-2/h12,14-16H,6-11,13H2,1-5H3/t15-,16?/m0/s1. The number of carbonyl (C=O) groups is 1. The van der Waals surface area contributed by atoms with E-state index in [0.29, 0.717) is 24.4 Å². The summed E-state index contributed by atoms with van der Waals surface area (Å²) in [5.74, 6) is 1.65. The van der Waals surface area contributed by atoms with Gasteiger partial charge in [-0.15, -0.1) is 0 Å². The van der Waals surface area contributed by atoms with Crippen LogP contribution in [0.3, 0.4) is 0 Å². The van der Waals surface area contributed by atoms with Gasteiger partial charge in [0.1, 0.15) is 18.3 Å². The molecular formula is C22H33N7O2. The summed E-state index contributed by atoms with van der Waals surface area (Å²) in [6.07, 6.45) is 5.75. The van der Waals surface area contributed by atoms with Crippen LogP contribution in [0.5, 0.6) is 5.88 Å². The first-order valence-electron chi connectivity index (χ1n) is 11.4. The number of rotatable bonds is 7. The van der Waals surface area contributed by atoms with Crippen LogP contribution in [0.25, 0.3) is 11.2 Å². The lowest BCUT2D eigenvalue weighted by atomic mass is 9.88. The van der Waals surface area contributed by atoms with E-state index < -0.39 is 0 Å². The molecule has 4 heterocycles. The van der Waals surface area contributed by atoms with Gasteiger partial charge in [-0.25, -0.2) is 9.97 Å². The van der Waals surface area contributed by atoms with Gasteiger partial charge >= 0.3 is 0 Å². The molecule has 9 nitrogen and oxygen atoms in total. The first kappa shape index (κ1) is 21.5. The summed E-state index contributed by atoms with van der Waals surface area (Å²) in [5, 5.41) is 6.73. The second-order valence-electron chi connectivity index (χ2n) is 8.81. The van der Waals surface area contributed by atoms with Crippen LogP contribution in [0.4, 0.5) is 0 Å². The second-order valence-corrected chi connectivity index (χ2v) is 8.81. The number of likely N-dealkylation sites (tertiary alicyclic amines) is 1. The van der Waals surface area contributed by atoms with Crippen LogP contribution in [-0.4, -0.2) is 72.8 Å². The molecule has 0 radical (unpaired) electrons. The lowest BCUT2D eigenvalue weighted by Gasteiger charge is -2.34. The van der Waals surface area contributed by atoms with Gasteiger partial charge in [-0.2, -0.15) is 10.1 Å². The lowest BCUT2D eigenvalue weighted by Crippen LogP contribution is -2.41. The Bertz CT molecular complexity index is 984. The summed E-state index contributed by atoms with van der Waals surface area (Å²) in [6, 6.07) is 0. The molecule has 9 heteroatoms. The SMILES string of the molecule is CCCn1c(C2C=NN(CC)C2(C)C)nc2c(O[C@H]3CCN(C(=O)CC)C3)ncnc21. The van der Waals surface area contributed by atoms with Crippen LogP contribution in [0, 0.1) is 0 Å². The monoisotopic (exact) mass is 427 g/mol. The van der Waals surface area contributed by atoms with Gasteiger partial charge in [-0.05, 0) is 27.2 Å². The zero-order valence-corrected chi connectivity index (χ0v) is 19.2.